The quantitative estimate of drug-likeness (QED) is 0.319. The number of methoxy groups -OCH3 is 1. The Balaban J connectivity index is 1.63. The summed E-state index contributed by atoms with van der Waals surface area (Å²) in [6.45, 7) is 1.48. The minimum atomic E-state index is -0.177. The lowest BCUT2D eigenvalue weighted by atomic mass is 10.1. The van der Waals surface area contributed by atoms with Crippen molar-refractivity contribution in [1.29, 1.82) is 0 Å². The summed E-state index contributed by atoms with van der Waals surface area (Å²) in [5, 5.41) is 4.43. The van der Waals surface area contributed by atoms with Gasteiger partial charge in [-0.05, 0) is 70.4 Å². The number of nitrogens with one attached hydrogen (secondary N) is 1. The van der Waals surface area contributed by atoms with Crippen LogP contribution in [0.1, 0.15) is 16.7 Å². The van der Waals surface area contributed by atoms with Crippen LogP contribution in [0.2, 0.25) is 10.0 Å². The zero-order chi connectivity index (χ0) is 21.5. The van der Waals surface area contributed by atoms with Crippen molar-refractivity contribution in [2.75, 3.05) is 13.7 Å². The molecule has 158 valence electrons. The molecule has 0 spiro atoms. The molecule has 0 amide bonds. The van der Waals surface area contributed by atoms with E-state index in [2.05, 4.69) is 21.2 Å². The predicted octanol–water partition coefficient (Wildman–Crippen LogP) is 6.81. The van der Waals surface area contributed by atoms with Gasteiger partial charge in [-0.15, -0.1) is 0 Å². The molecular weight excluding hydrogens is 492 g/mol. The van der Waals surface area contributed by atoms with Crippen LogP contribution in [0.4, 0.5) is 4.39 Å². The lowest BCUT2D eigenvalue weighted by Gasteiger charge is -2.16. The number of hydrogen-bond acceptors (Lipinski definition) is 3. The molecule has 0 aliphatic heterocycles. The highest BCUT2D eigenvalue weighted by Crippen LogP contribution is 2.38. The Labute approximate surface area is 194 Å². The van der Waals surface area contributed by atoms with Crippen molar-refractivity contribution in [2.24, 2.45) is 0 Å². The average Bonchev–Trinajstić information content (AvgIpc) is 2.73. The molecule has 3 nitrogen and oxygen atoms in total. The number of halogens is 4. The van der Waals surface area contributed by atoms with Crippen molar-refractivity contribution in [1.82, 2.24) is 5.32 Å². The minimum absolute atomic E-state index is 0.177. The van der Waals surface area contributed by atoms with E-state index in [1.54, 1.807) is 37.4 Å². The Bertz CT molecular complexity index is 996. The van der Waals surface area contributed by atoms with Gasteiger partial charge in [0, 0.05) is 22.2 Å². The van der Waals surface area contributed by atoms with Gasteiger partial charge in [-0.2, -0.15) is 0 Å². The van der Waals surface area contributed by atoms with Crippen molar-refractivity contribution in [3.05, 3.63) is 91.6 Å². The van der Waals surface area contributed by atoms with Crippen LogP contribution in [0.5, 0.6) is 11.5 Å². The summed E-state index contributed by atoms with van der Waals surface area (Å²) >= 11 is 16.0. The average molecular weight is 513 g/mol. The second-order valence-electron chi connectivity index (χ2n) is 6.62. The van der Waals surface area contributed by atoms with Gasteiger partial charge in [-0.3, -0.25) is 0 Å². The molecule has 0 unspecified atom stereocenters. The zero-order valence-corrected chi connectivity index (χ0v) is 19.5. The Morgan fingerprint density at radius 1 is 1.03 bits per heavy atom. The number of ether oxygens (including phenoxy) is 2. The largest absolute Gasteiger partial charge is 0.493 e. The Morgan fingerprint density at radius 3 is 2.47 bits per heavy atom. The van der Waals surface area contributed by atoms with E-state index in [1.165, 1.54) is 6.07 Å². The summed E-state index contributed by atoms with van der Waals surface area (Å²) in [4.78, 5) is 0. The SMILES string of the molecule is COc1cc(CNCCc2ccccc2F)cc(Br)c1OCc1c(Cl)cccc1Cl. The van der Waals surface area contributed by atoms with E-state index in [9.17, 15) is 4.39 Å². The van der Waals surface area contributed by atoms with Gasteiger partial charge >= 0.3 is 0 Å². The van der Waals surface area contributed by atoms with Crippen LogP contribution in [-0.2, 0) is 19.6 Å². The predicted molar refractivity (Wildman–Crippen MR) is 123 cm³/mol. The van der Waals surface area contributed by atoms with E-state index in [1.807, 2.05) is 18.2 Å². The van der Waals surface area contributed by atoms with Crippen molar-refractivity contribution in [2.45, 2.75) is 19.6 Å². The van der Waals surface area contributed by atoms with Gasteiger partial charge in [-0.25, -0.2) is 4.39 Å². The van der Waals surface area contributed by atoms with Crippen LogP contribution in [0.25, 0.3) is 0 Å². The van der Waals surface area contributed by atoms with E-state index in [0.717, 1.165) is 10.0 Å². The molecule has 3 aromatic carbocycles. The third-order valence-corrected chi connectivity index (χ3v) is 5.87. The lowest BCUT2D eigenvalue weighted by molar-refractivity contribution is 0.282. The summed E-state index contributed by atoms with van der Waals surface area (Å²) in [5.41, 5.74) is 2.43. The third-order valence-electron chi connectivity index (χ3n) is 4.57. The lowest BCUT2D eigenvalue weighted by Crippen LogP contribution is -2.17. The van der Waals surface area contributed by atoms with Crippen molar-refractivity contribution >= 4 is 39.1 Å². The normalized spacial score (nSPS) is 10.8. The molecule has 0 aromatic heterocycles. The van der Waals surface area contributed by atoms with Gasteiger partial charge in [0.1, 0.15) is 12.4 Å². The van der Waals surface area contributed by atoms with E-state index in [4.69, 9.17) is 32.7 Å². The van der Waals surface area contributed by atoms with E-state index in [-0.39, 0.29) is 12.4 Å². The molecule has 0 fully saturated rings. The van der Waals surface area contributed by atoms with Gasteiger partial charge < -0.3 is 14.8 Å². The number of hydrogen-bond donors (Lipinski definition) is 1. The van der Waals surface area contributed by atoms with E-state index in [0.29, 0.717) is 52.2 Å². The molecule has 1 N–H and O–H groups in total. The van der Waals surface area contributed by atoms with E-state index < -0.39 is 0 Å². The fraction of sp³-hybridized carbons (Fsp3) is 0.217. The van der Waals surface area contributed by atoms with Gasteiger partial charge in [0.25, 0.3) is 0 Å². The molecule has 30 heavy (non-hydrogen) atoms. The highest BCUT2D eigenvalue weighted by Gasteiger charge is 2.14. The molecule has 7 heteroatoms. The molecule has 0 heterocycles. The highest BCUT2D eigenvalue weighted by molar-refractivity contribution is 9.10. The minimum Gasteiger partial charge on any atom is -0.493 e. The molecule has 0 radical (unpaired) electrons. The van der Waals surface area contributed by atoms with Gasteiger partial charge in [-0.1, -0.05) is 47.5 Å². The molecule has 0 bridgehead atoms. The number of benzene rings is 3. The fourth-order valence-electron chi connectivity index (χ4n) is 2.99. The second kappa shape index (κ2) is 11.0. The Hall–Kier alpha value is -1.79. The maximum Gasteiger partial charge on any atom is 0.175 e. The van der Waals surface area contributed by atoms with Gasteiger partial charge in [0.2, 0.25) is 0 Å². The molecule has 0 atom stereocenters. The van der Waals surface area contributed by atoms with Crippen molar-refractivity contribution < 1.29 is 13.9 Å². The molecule has 0 aliphatic carbocycles. The van der Waals surface area contributed by atoms with Crippen LogP contribution in [0, 0.1) is 5.82 Å². The molecule has 0 saturated carbocycles. The zero-order valence-electron chi connectivity index (χ0n) is 16.4. The van der Waals surface area contributed by atoms with Crippen LogP contribution >= 0.6 is 39.1 Å². The Kier molecular flexibility index (Phi) is 8.40. The molecule has 3 rings (SSSR count). The second-order valence-corrected chi connectivity index (χ2v) is 8.28. The summed E-state index contributed by atoms with van der Waals surface area (Å²) < 4.78 is 25.9. The third kappa shape index (κ3) is 5.88. The maximum atomic E-state index is 13.7. The first-order valence-corrected chi connectivity index (χ1v) is 10.9. The van der Waals surface area contributed by atoms with Crippen LogP contribution in [-0.4, -0.2) is 13.7 Å². The first-order chi connectivity index (χ1) is 14.5. The molecule has 3 aromatic rings. The molecular formula is C23H21BrCl2FNO2. The summed E-state index contributed by atoms with van der Waals surface area (Å²) in [6, 6.07) is 16.0. The monoisotopic (exact) mass is 511 g/mol. The van der Waals surface area contributed by atoms with Crippen LogP contribution in [0.15, 0.2) is 59.1 Å². The smallest absolute Gasteiger partial charge is 0.175 e. The molecule has 0 saturated heterocycles. The first-order valence-electron chi connectivity index (χ1n) is 9.35. The fourth-order valence-corrected chi connectivity index (χ4v) is 4.10. The first kappa shape index (κ1) is 22.9. The van der Waals surface area contributed by atoms with E-state index >= 15 is 0 Å². The standard InChI is InChI=1S/C23H21BrCl2FNO2/c1-29-22-12-15(13-28-10-9-16-5-2-3-8-21(16)27)11-18(24)23(22)30-14-17-19(25)6-4-7-20(17)26/h2-8,11-12,28H,9-10,13-14H2,1H3. The Morgan fingerprint density at radius 2 is 1.77 bits per heavy atom. The van der Waals surface area contributed by atoms with Crippen LogP contribution < -0.4 is 14.8 Å². The topological polar surface area (TPSA) is 30.5 Å². The van der Waals surface area contributed by atoms with Gasteiger partial charge in [0.05, 0.1) is 11.6 Å². The summed E-state index contributed by atoms with van der Waals surface area (Å²) in [5.74, 6) is 0.992. The highest BCUT2D eigenvalue weighted by atomic mass is 79.9. The van der Waals surface area contributed by atoms with Crippen molar-refractivity contribution in [3.63, 3.8) is 0 Å². The van der Waals surface area contributed by atoms with Crippen molar-refractivity contribution in [3.8, 4) is 11.5 Å². The number of rotatable bonds is 9. The summed E-state index contributed by atoms with van der Waals surface area (Å²) in [7, 11) is 1.59. The summed E-state index contributed by atoms with van der Waals surface area (Å²) in [6.07, 6.45) is 0.616. The molecule has 0 aliphatic rings. The maximum absolute atomic E-state index is 13.7. The van der Waals surface area contributed by atoms with Gasteiger partial charge in [0.15, 0.2) is 11.5 Å². The van der Waals surface area contributed by atoms with Crippen LogP contribution in [0.3, 0.4) is 0 Å².